The maximum atomic E-state index is 12.0. The van der Waals surface area contributed by atoms with Crippen molar-refractivity contribution in [3.05, 3.63) is 66.9 Å². The fourth-order valence-corrected chi connectivity index (χ4v) is 2.32. The molecule has 2 amide bonds. The van der Waals surface area contributed by atoms with E-state index in [0.29, 0.717) is 31.3 Å². The zero-order valence-corrected chi connectivity index (χ0v) is 15.0. The number of pyridine rings is 1. The van der Waals surface area contributed by atoms with Crippen LogP contribution in [-0.2, 0) is 11.3 Å². The van der Waals surface area contributed by atoms with Crippen LogP contribution in [0.15, 0.2) is 61.3 Å². The fourth-order valence-electron chi connectivity index (χ4n) is 2.32. The minimum Gasteiger partial charge on any atom is -0.475 e. The highest BCUT2D eigenvalue weighted by atomic mass is 16.5. The van der Waals surface area contributed by atoms with E-state index in [1.54, 1.807) is 38.0 Å². The first-order chi connectivity index (χ1) is 13.2. The van der Waals surface area contributed by atoms with E-state index in [-0.39, 0.29) is 6.03 Å². The lowest BCUT2D eigenvalue weighted by Gasteiger charge is -2.09. The molecule has 0 saturated carbocycles. The summed E-state index contributed by atoms with van der Waals surface area (Å²) in [5.41, 5.74) is 2.59. The summed E-state index contributed by atoms with van der Waals surface area (Å²) in [6.07, 6.45) is 6.89. The summed E-state index contributed by atoms with van der Waals surface area (Å²) in [6, 6.07) is 11.0. The molecule has 1 aromatic carbocycles. The van der Waals surface area contributed by atoms with Crippen molar-refractivity contribution < 1.29 is 14.3 Å². The van der Waals surface area contributed by atoms with E-state index in [1.807, 2.05) is 35.0 Å². The zero-order chi connectivity index (χ0) is 18.9. The molecule has 2 heterocycles. The van der Waals surface area contributed by atoms with Gasteiger partial charge >= 0.3 is 6.03 Å². The van der Waals surface area contributed by atoms with Crippen LogP contribution in [0.3, 0.4) is 0 Å². The van der Waals surface area contributed by atoms with Crippen molar-refractivity contribution in [3.63, 3.8) is 0 Å². The number of carbonyl (C=O) groups excluding carboxylic acids is 1. The van der Waals surface area contributed by atoms with Gasteiger partial charge in [0.25, 0.3) is 0 Å². The Morgan fingerprint density at radius 3 is 2.67 bits per heavy atom. The van der Waals surface area contributed by atoms with Crippen molar-refractivity contribution in [1.29, 1.82) is 0 Å². The minimum absolute atomic E-state index is 0.302. The molecule has 0 unspecified atom stereocenters. The second-order valence-corrected chi connectivity index (χ2v) is 5.67. The molecule has 0 radical (unpaired) electrons. The van der Waals surface area contributed by atoms with Crippen LogP contribution in [0.4, 0.5) is 10.5 Å². The number of carbonyl (C=O) groups is 1. The van der Waals surface area contributed by atoms with Crippen molar-refractivity contribution in [2.45, 2.75) is 6.54 Å². The molecule has 0 atom stereocenters. The molecule has 0 spiro atoms. The number of benzene rings is 1. The first kappa shape index (κ1) is 18.4. The Hall–Kier alpha value is -3.39. The van der Waals surface area contributed by atoms with E-state index in [0.717, 1.165) is 11.3 Å². The van der Waals surface area contributed by atoms with Crippen molar-refractivity contribution in [2.24, 2.45) is 0 Å². The van der Waals surface area contributed by atoms with Crippen LogP contribution < -0.4 is 15.4 Å². The molecular weight excluding hydrogens is 346 g/mol. The molecule has 0 fully saturated rings. The highest BCUT2D eigenvalue weighted by molar-refractivity contribution is 5.88. The summed E-state index contributed by atoms with van der Waals surface area (Å²) in [5.74, 6) is 0.482. The molecule has 140 valence electrons. The quantitative estimate of drug-likeness (QED) is 0.597. The summed E-state index contributed by atoms with van der Waals surface area (Å²) < 4.78 is 12.2. The van der Waals surface area contributed by atoms with Gasteiger partial charge in [-0.15, -0.1) is 0 Å². The van der Waals surface area contributed by atoms with Crippen molar-refractivity contribution in [1.82, 2.24) is 19.9 Å². The Labute approximate surface area is 157 Å². The van der Waals surface area contributed by atoms with E-state index in [4.69, 9.17) is 9.47 Å². The Balaban J connectivity index is 1.45. The third kappa shape index (κ3) is 5.55. The van der Waals surface area contributed by atoms with E-state index in [1.165, 1.54) is 0 Å². The van der Waals surface area contributed by atoms with Crippen molar-refractivity contribution in [3.8, 4) is 11.6 Å². The Kier molecular flexibility index (Phi) is 6.37. The first-order valence-electron chi connectivity index (χ1n) is 8.44. The number of hydrogen-bond acceptors (Lipinski definition) is 5. The van der Waals surface area contributed by atoms with Gasteiger partial charge in [0.1, 0.15) is 6.61 Å². The standard InChI is InChI=1S/C19H21N5O3/c1-26-10-11-27-18-7-4-16(13-21-18)23-19(25)22-12-15-2-5-17(6-3-15)24-9-8-20-14-24/h2-9,13-14H,10-12H2,1H3,(H2,22,23,25). The van der Waals surface area contributed by atoms with Gasteiger partial charge in [-0.05, 0) is 23.8 Å². The predicted octanol–water partition coefficient (Wildman–Crippen LogP) is 2.61. The van der Waals surface area contributed by atoms with Crippen LogP contribution in [0.2, 0.25) is 0 Å². The number of nitrogens with zero attached hydrogens (tertiary/aromatic N) is 3. The molecule has 3 aromatic rings. The number of rotatable bonds is 8. The van der Waals surface area contributed by atoms with Gasteiger partial charge in [0.05, 0.1) is 24.8 Å². The maximum Gasteiger partial charge on any atom is 0.319 e. The second-order valence-electron chi connectivity index (χ2n) is 5.67. The van der Waals surface area contributed by atoms with Gasteiger partial charge in [-0.3, -0.25) is 0 Å². The van der Waals surface area contributed by atoms with E-state index < -0.39 is 0 Å². The second kappa shape index (κ2) is 9.35. The Morgan fingerprint density at radius 2 is 2.00 bits per heavy atom. The van der Waals surface area contributed by atoms with Crippen molar-refractivity contribution >= 4 is 11.7 Å². The number of amides is 2. The SMILES string of the molecule is COCCOc1ccc(NC(=O)NCc2ccc(-n3ccnc3)cc2)cn1. The monoisotopic (exact) mass is 367 g/mol. The largest absolute Gasteiger partial charge is 0.475 e. The number of nitrogens with one attached hydrogen (secondary N) is 2. The third-order valence-corrected chi connectivity index (χ3v) is 3.72. The molecule has 8 heteroatoms. The van der Waals surface area contributed by atoms with Crippen molar-refractivity contribution in [2.75, 3.05) is 25.6 Å². The number of imidazole rings is 1. The van der Waals surface area contributed by atoms with Gasteiger partial charge in [0.2, 0.25) is 5.88 Å². The van der Waals surface area contributed by atoms with Gasteiger partial charge in [0, 0.05) is 37.8 Å². The fraction of sp³-hybridized carbons (Fsp3) is 0.211. The van der Waals surface area contributed by atoms with Gasteiger partial charge in [0.15, 0.2) is 0 Å². The van der Waals surface area contributed by atoms with Crippen LogP contribution >= 0.6 is 0 Å². The smallest absolute Gasteiger partial charge is 0.319 e. The molecule has 8 nitrogen and oxygen atoms in total. The topological polar surface area (TPSA) is 90.3 Å². The minimum atomic E-state index is -0.302. The van der Waals surface area contributed by atoms with Gasteiger partial charge in [-0.25, -0.2) is 14.8 Å². The lowest BCUT2D eigenvalue weighted by molar-refractivity contribution is 0.144. The molecule has 0 aliphatic carbocycles. The number of aromatic nitrogens is 3. The average molecular weight is 367 g/mol. The first-order valence-corrected chi connectivity index (χ1v) is 8.44. The Bertz CT molecular complexity index is 833. The highest BCUT2D eigenvalue weighted by Crippen LogP contribution is 2.12. The third-order valence-electron chi connectivity index (χ3n) is 3.72. The molecule has 27 heavy (non-hydrogen) atoms. The zero-order valence-electron chi connectivity index (χ0n) is 15.0. The molecule has 0 saturated heterocycles. The molecule has 0 aliphatic heterocycles. The van der Waals surface area contributed by atoms with Crippen LogP contribution in [0, 0.1) is 0 Å². The van der Waals surface area contributed by atoms with Crippen LogP contribution in [0.5, 0.6) is 5.88 Å². The van der Waals surface area contributed by atoms with Crippen LogP contribution in [-0.4, -0.2) is 40.9 Å². The van der Waals surface area contributed by atoms with E-state index in [9.17, 15) is 4.79 Å². The number of ether oxygens (including phenoxy) is 2. The number of methoxy groups -OCH3 is 1. The lowest BCUT2D eigenvalue weighted by atomic mass is 10.2. The number of urea groups is 1. The lowest BCUT2D eigenvalue weighted by Crippen LogP contribution is -2.28. The highest BCUT2D eigenvalue weighted by Gasteiger charge is 2.04. The maximum absolute atomic E-state index is 12.0. The molecule has 0 aliphatic rings. The Morgan fingerprint density at radius 1 is 1.15 bits per heavy atom. The van der Waals surface area contributed by atoms with E-state index >= 15 is 0 Å². The summed E-state index contributed by atoms with van der Waals surface area (Å²) in [7, 11) is 1.61. The predicted molar refractivity (Wildman–Crippen MR) is 101 cm³/mol. The summed E-state index contributed by atoms with van der Waals surface area (Å²) in [5, 5.41) is 5.55. The van der Waals surface area contributed by atoms with Crippen LogP contribution in [0.25, 0.3) is 5.69 Å². The average Bonchev–Trinajstić information content (AvgIpc) is 3.23. The van der Waals surface area contributed by atoms with Crippen LogP contribution in [0.1, 0.15) is 5.56 Å². The van der Waals surface area contributed by atoms with E-state index in [2.05, 4.69) is 20.6 Å². The van der Waals surface area contributed by atoms with Gasteiger partial charge in [-0.1, -0.05) is 12.1 Å². The van der Waals surface area contributed by atoms with Gasteiger partial charge < -0.3 is 24.7 Å². The van der Waals surface area contributed by atoms with Gasteiger partial charge in [-0.2, -0.15) is 0 Å². The normalized spacial score (nSPS) is 10.4. The molecule has 2 N–H and O–H groups in total. The summed E-state index contributed by atoms with van der Waals surface area (Å²) in [4.78, 5) is 20.2. The summed E-state index contributed by atoms with van der Waals surface area (Å²) >= 11 is 0. The molecule has 2 aromatic heterocycles. The molecule has 0 bridgehead atoms. The summed E-state index contributed by atoms with van der Waals surface area (Å²) in [6.45, 7) is 1.34. The molecular formula is C19H21N5O3. The number of anilines is 1. The number of hydrogen-bond donors (Lipinski definition) is 2. The molecule has 3 rings (SSSR count).